The molecule has 1 aliphatic rings. The summed E-state index contributed by atoms with van der Waals surface area (Å²) in [5.74, 6) is 0.791. The van der Waals surface area contributed by atoms with Crippen molar-refractivity contribution in [3.8, 4) is 0 Å². The molecule has 2 atom stereocenters. The summed E-state index contributed by atoms with van der Waals surface area (Å²) in [5, 5.41) is 6.98. The second-order valence-corrected chi connectivity index (χ2v) is 6.29. The molecule has 2 rings (SSSR count). The van der Waals surface area contributed by atoms with Gasteiger partial charge in [0, 0.05) is 30.2 Å². The van der Waals surface area contributed by atoms with Gasteiger partial charge in [-0.15, -0.1) is 11.3 Å². The van der Waals surface area contributed by atoms with E-state index in [4.69, 9.17) is 0 Å². The normalized spacial score (nSPS) is 23.2. The molecule has 0 radical (unpaired) electrons. The van der Waals surface area contributed by atoms with E-state index in [-0.39, 0.29) is 0 Å². The van der Waals surface area contributed by atoms with E-state index in [9.17, 15) is 0 Å². The van der Waals surface area contributed by atoms with E-state index in [1.165, 1.54) is 37.5 Å². The lowest BCUT2D eigenvalue weighted by atomic mass is 9.91. The topological polar surface area (TPSA) is 28.2 Å². The molecule has 18 heavy (non-hydrogen) atoms. The number of thiazole rings is 1. The molecule has 0 saturated carbocycles. The number of aromatic nitrogens is 1. The third-order valence-electron chi connectivity index (χ3n) is 3.94. The lowest BCUT2D eigenvalue weighted by molar-refractivity contribution is 0.157. The number of nitrogens with one attached hydrogen (secondary N) is 1. The molecule has 1 aromatic heterocycles. The van der Waals surface area contributed by atoms with Crippen LogP contribution in [0.5, 0.6) is 0 Å². The number of hydrogen-bond acceptors (Lipinski definition) is 4. The van der Waals surface area contributed by atoms with E-state index < -0.39 is 0 Å². The summed E-state index contributed by atoms with van der Waals surface area (Å²) in [7, 11) is 0. The first-order chi connectivity index (χ1) is 8.69. The third kappa shape index (κ3) is 3.77. The Bertz CT molecular complexity index is 364. The van der Waals surface area contributed by atoms with E-state index in [0.29, 0.717) is 6.04 Å². The standard InChI is InChI=1S/C14H25N3S/c1-4-17-7-5-6-13(9-17)12(3)15-8-14-16-11(2)10-18-14/h10,12-13,15H,4-9H2,1-3H3. The van der Waals surface area contributed by atoms with Gasteiger partial charge in [-0.25, -0.2) is 4.98 Å². The van der Waals surface area contributed by atoms with Gasteiger partial charge < -0.3 is 10.2 Å². The van der Waals surface area contributed by atoms with Crippen LogP contribution in [0.25, 0.3) is 0 Å². The van der Waals surface area contributed by atoms with Crippen molar-refractivity contribution in [2.45, 2.75) is 46.2 Å². The molecule has 3 nitrogen and oxygen atoms in total. The minimum Gasteiger partial charge on any atom is -0.308 e. The molecule has 1 N–H and O–H groups in total. The SMILES string of the molecule is CCN1CCCC(C(C)NCc2nc(C)cs2)C1. The van der Waals surface area contributed by atoms with Gasteiger partial charge in [0.25, 0.3) is 0 Å². The van der Waals surface area contributed by atoms with E-state index in [2.05, 4.69) is 41.4 Å². The van der Waals surface area contributed by atoms with E-state index in [0.717, 1.165) is 18.2 Å². The van der Waals surface area contributed by atoms with Crippen molar-refractivity contribution in [2.24, 2.45) is 5.92 Å². The molecule has 102 valence electrons. The van der Waals surface area contributed by atoms with Gasteiger partial charge in [-0.3, -0.25) is 0 Å². The van der Waals surface area contributed by atoms with Crippen LogP contribution in [-0.2, 0) is 6.54 Å². The first-order valence-corrected chi connectivity index (χ1v) is 7.93. The van der Waals surface area contributed by atoms with Gasteiger partial charge in [0.1, 0.15) is 5.01 Å². The van der Waals surface area contributed by atoms with Crippen LogP contribution in [0.4, 0.5) is 0 Å². The number of nitrogens with zero attached hydrogens (tertiary/aromatic N) is 2. The van der Waals surface area contributed by atoms with Gasteiger partial charge in [0.15, 0.2) is 0 Å². The highest BCUT2D eigenvalue weighted by Gasteiger charge is 2.23. The van der Waals surface area contributed by atoms with Crippen LogP contribution in [0.15, 0.2) is 5.38 Å². The molecule has 0 aliphatic carbocycles. The Morgan fingerprint density at radius 3 is 3.11 bits per heavy atom. The number of likely N-dealkylation sites (tertiary alicyclic amines) is 1. The average Bonchev–Trinajstić information content (AvgIpc) is 2.82. The maximum Gasteiger partial charge on any atom is 0.107 e. The zero-order chi connectivity index (χ0) is 13.0. The molecule has 2 unspecified atom stereocenters. The molecule has 1 fully saturated rings. The molecule has 0 bridgehead atoms. The fraction of sp³-hybridized carbons (Fsp3) is 0.786. The van der Waals surface area contributed by atoms with Crippen molar-refractivity contribution in [3.05, 3.63) is 16.1 Å². The number of aryl methyl sites for hydroxylation is 1. The minimum atomic E-state index is 0.587. The minimum absolute atomic E-state index is 0.587. The molecule has 4 heteroatoms. The molecule has 0 amide bonds. The maximum atomic E-state index is 4.50. The number of piperidine rings is 1. The Morgan fingerprint density at radius 2 is 2.44 bits per heavy atom. The van der Waals surface area contributed by atoms with Crippen LogP contribution in [0, 0.1) is 12.8 Å². The summed E-state index contributed by atoms with van der Waals surface area (Å²) in [4.78, 5) is 7.07. The van der Waals surface area contributed by atoms with Gasteiger partial charge in [-0.2, -0.15) is 0 Å². The van der Waals surface area contributed by atoms with Crippen molar-refractivity contribution in [1.29, 1.82) is 0 Å². The smallest absolute Gasteiger partial charge is 0.107 e. The molecule has 1 saturated heterocycles. The molecule has 0 spiro atoms. The molecular formula is C14H25N3S. The summed E-state index contributed by atoms with van der Waals surface area (Å²) in [5.41, 5.74) is 1.14. The monoisotopic (exact) mass is 267 g/mol. The predicted octanol–water partition coefficient (Wildman–Crippen LogP) is 2.66. The third-order valence-corrected chi connectivity index (χ3v) is 4.90. The summed E-state index contributed by atoms with van der Waals surface area (Å²) in [6.45, 7) is 11.3. The molecular weight excluding hydrogens is 242 g/mol. The Hall–Kier alpha value is -0.450. The van der Waals surface area contributed by atoms with Crippen molar-refractivity contribution in [1.82, 2.24) is 15.2 Å². The summed E-state index contributed by atoms with van der Waals surface area (Å²) in [6.07, 6.45) is 2.71. The van der Waals surface area contributed by atoms with Gasteiger partial charge in [-0.05, 0) is 45.7 Å². The van der Waals surface area contributed by atoms with Gasteiger partial charge in [0.05, 0.1) is 0 Å². The molecule has 1 aromatic rings. The quantitative estimate of drug-likeness (QED) is 0.889. The Labute approximate surface area is 115 Å². The van der Waals surface area contributed by atoms with Crippen LogP contribution < -0.4 is 5.32 Å². The summed E-state index contributed by atoms with van der Waals surface area (Å²) >= 11 is 1.76. The lowest BCUT2D eigenvalue weighted by Gasteiger charge is -2.35. The van der Waals surface area contributed by atoms with Crippen molar-refractivity contribution < 1.29 is 0 Å². The van der Waals surface area contributed by atoms with Crippen molar-refractivity contribution >= 4 is 11.3 Å². The maximum absolute atomic E-state index is 4.50. The van der Waals surface area contributed by atoms with Crippen LogP contribution in [0.2, 0.25) is 0 Å². The largest absolute Gasteiger partial charge is 0.308 e. The Kier molecular flexibility index (Phi) is 5.15. The zero-order valence-electron chi connectivity index (χ0n) is 11.8. The molecule has 2 heterocycles. The number of hydrogen-bond donors (Lipinski definition) is 1. The Morgan fingerprint density at radius 1 is 1.61 bits per heavy atom. The molecule has 1 aliphatic heterocycles. The average molecular weight is 267 g/mol. The lowest BCUT2D eigenvalue weighted by Crippen LogP contribution is -2.44. The van der Waals surface area contributed by atoms with Gasteiger partial charge in [0.2, 0.25) is 0 Å². The second-order valence-electron chi connectivity index (χ2n) is 5.35. The van der Waals surface area contributed by atoms with E-state index >= 15 is 0 Å². The Balaban J connectivity index is 1.78. The van der Waals surface area contributed by atoms with E-state index in [1.54, 1.807) is 11.3 Å². The summed E-state index contributed by atoms with van der Waals surface area (Å²) in [6, 6.07) is 0.587. The second kappa shape index (κ2) is 6.64. The van der Waals surface area contributed by atoms with Gasteiger partial charge >= 0.3 is 0 Å². The number of rotatable bonds is 5. The highest BCUT2D eigenvalue weighted by atomic mass is 32.1. The van der Waals surface area contributed by atoms with Crippen molar-refractivity contribution in [3.63, 3.8) is 0 Å². The fourth-order valence-electron chi connectivity index (χ4n) is 2.69. The van der Waals surface area contributed by atoms with Crippen LogP contribution >= 0.6 is 11.3 Å². The highest BCUT2D eigenvalue weighted by Crippen LogP contribution is 2.20. The van der Waals surface area contributed by atoms with Crippen LogP contribution in [-0.4, -0.2) is 35.6 Å². The van der Waals surface area contributed by atoms with Crippen molar-refractivity contribution in [2.75, 3.05) is 19.6 Å². The van der Waals surface area contributed by atoms with E-state index in [1.807, 2.05) is 0 Å². The highest BCUT2D eigenvalue weighted by molar-refractivity contribution is 7.09. The first kappa shape index (κ1) is 14.0. The summed E-state index contributed by atoms with van der Waals surface area (Å²) < 4.78 is 0. The van der Waals surface area contributed by atoms with Gasteiger partial charge in [-0.1, -0.05) is 6.92 Å². The zero-order valence-corrected chi connectivity index (χ0v) is 12.6. The predicted molar refractivity (Wildman–Crippen MR) is 78.0 cm³/mol. The fourth-order valence-corrected chi connectivity index (χ4v) is 3.41. The van der Waals surface area contributed by atoms with Crippen LogP contribution in [0.3, 0.4) is 0 Å². The van der Waals surface area contributed by atoms with Crippen LogP contribution in [0.1, 0.15) is 37.4 Å². The molecule has 0 aromatic carbocycles. The first-order valence-electron chi connectivity index (χ1n) is 7.05.